The first-order valence-electron chi connectivity index (χ1n) is 7.59. The summed E-state index contributed by atoms with van der Waals surface area (Å²) in [5, 5.41) is 16.4. The number of hydrogen-bond acceptors (Lipinski definition) is 5. The molecule has 0 spiro atoms. The predicted octanol–water partition coefficient (Wildman–Crippen LogP) is 1.16. The molecule has 0 amide bonds. The van der Waals surface area contributed by atoms with E-state index in [2.05, 4.69) is 24.5 Å². The predicted molar refractivity (Wildman–Crippen MR) is 83.0 cm³/mol. The standard InChI is InChI=1S/C16H26N2O3/c1-11(2)17-8-13(19)9-18-12(3)16-10-20-14-6-4-5-7-15(14)21-16/h4-7,11-13,16-19H,8-10H2,1-3H3/t12-,13+,16+/m1/s1. The molecule has 21 heavy (non-hydrogen) atoms. The highest BCUT2D eigenvalue weighted by molar-refractivity contribution is 5.40. The van der Waals surface area contributed by atoms with Crippen molar-refractivity contribution >= 4 is 0 Å². The number of hydrogen-bond donors (Lipinski definition) is 3. The smallest absolute Gasteiger partial charge is 0.161 e. The number of rotatable bonds is 7. The van der Waals surface area contributed by atoms with Gasteiger partial charge in [0, 0.05) is 25.2 Å². The van der Waals surface area contributed by atoms with E-state index in [4.69, 9.17) is 9.47 Å². The second-order valence-electron chi connectivity index (χ2n) is 5.83. The molecule has 0 aromatic heterocycles. The van der Waals surface area contributed by atoms with E-state index >= 15 is 0 Å². The van der Waals surface area contributed by atoms with Crippen LogP contribution in [0.25, 0.3) is 0 Å². The molecule has 5 nitrogen and oxygen atoms in total. The Morgan fingerprint density at radius 3 is 2.52 bits per heavy atom. The summed E-state index contributed by atoms with van der Waals surface area (Å²) in [6.45, 7) is 7.81. The van der Waals surface area contributed by atoms with Crippen molar-refractivity contribution in [2.75, 3.05) is 19.7 Å². The summed E-state index contributed by atoms with van der Waals surface area (Å²) < 4.78 is 11.6. The molecular formula is C16H26N2O3. The van der Waals surface area contributed by atoms with Gasteiger partial charge in [0.05, 0.1) is 6.10 Å². The fraction of sp³-hybridized carbons (Fsp3) is 0.625. The number of nitrogens with one attached hydrogen (secondary N) is 2. The van der Waals surface area contributed by atoms with Gasteiger partial charge in [-0.1, -0.05) is 26.0 Å². The molecule has 1 aliphatic heterocycles. The second kappa shape index (κ2) is 7.64. The summed E-state index contributed by atoms with van der Waals surface area (Å²) >= 11 is 0. The lowest BCUT2D eigenvalue weighted by molar-refractivity contribution is 0.0612. The molecule has 0 fully saturated rings. The van der Waals surface area contributed by atoms with Crippen molar-refractivity contribution < 1.29 is 14.6 Å². The maximum Gasteiger partial charge on any atom is 0.161 e. The second-order valence-corrected chi connectivity index (χ2v) is 5.83. The normalized spacial score (nSPS) is 20.3. The maximum atomic E-state index is 9.91. The molecule has 5 heteroatoms. The monoisotopic (exact) mass is 294 g/mol. The Bertz CT molecular complexity index is 439. The molecule has 0 radical (unpaired) electrons. The van der Waals surface area contributed by atoms with Crippen LogP contribution in [-0.2, 0) is 0 Å². The SMILES string of the molecule is CC(C)NC[C@H](O)CN[C@H](C)[C@@H]1COc2ccccc2O1. The van der Waals surface area contributed by atoms with Crippen molar-refractivity contribution in [2.45, 2.75) is 45.1 Å². The number of benzene rings is 1. The third-order valence-electron chi connectivity index (χ3n) is 3.53. The van der Waals surface area contributed by atoms with Crippen molar-refractivity contribution in [1.29, 1.82) is 0 Å². The lowest BCUT2D eigenvalue weighted by Crippen LogP contribution is -2.49. The van der Waals surface area contributed by atoms with Crippen molar-refractivity contribution in [3.63, 3.8) is 0 Å². The van der Waals surface area contributed by atoms with Crippen LogP contribution in [0.2, 0.25) is 0 Å². The van der Waals surface area contributed by atoms with Crippen LogP contribution in [0.15, 0.2) is 24.3 Å². The van der Waals surface area contributed by atoms with Gasteiger partial charge in [0.15, 0.2) is 11.5 Å². The van der Waals surface area contributed by atoms with E-state index in [1.807, 2.05) is 31.2 Å². The number of fused-ring (bicyclic) bond motifs is 1. The van der Waals surface area contributed by atoms with Gasteiger partial charge in [0.25, 0.3) is 0 Å². The third-order valence-corrected chi connectivity index (χ3v) is 3.53. The van der Waals surface area contributed by atoms with Gasteiger partial charge in [-0.05, 0) is 19.1 Å². The van der Waals surface area contributed by atoms with E-state index in [-0.39, 0.29) is 12.1 Å². The van der Waals surface area contributed by atoms with E-state index in [1.165, 1.54) is 0 Å². The van der Waals surface area contributed by atoms with Crippen LogP contribution >= 0.6 is 0 Å². The highest BCUT2D eigenvalue weighted by atomic mass is 16.6. The van der Waals surface area contributed by atoms with Crippen molar-refractivity contribution in [1.82, 2.24) is 10.6 Å². The summed E-state index contributed by atoms with van der Waals surface area (Å²) in [7, 11) is 0. The number of aliphatic hydroxyl groups is 1. The summed E-state index contributed by atoms with van der Waals surface area (Å²) in [4.78, 5) is 0. The Balaban J connectivity index is 1.76. The average molecular weight is 294 g/mol. The first kappa shape index (κ1) is 16.1. The van der Waals surface area contributed by atoms with Gasteiger partial charge in [-0.25, -0.2) is 0 Å². The number of ether oxygens (including phenoxy) is 2. The van der Waals surface area contributed by atoms with Gasteiger partial charge >= 0.3 is 0 Å². The summed E-state index contributed by atoms with van der Waals surface area (Å²) in [5.41, 5.74) is 0. The van der Waals surface area contributed by atoms with E-state index < -0.39 is 6.10 Å². The summed E-state index contributed by atoms with van der Waals surface area (Å²) in [6, 6.07) is 8.17. The van der Waals surface area contributed by atoms with Gasteiger partial charge in [-0.3, -0.25) is 0 Å². The molecule has 1 aromatic carbocycles. The molecule has 3 N–H and O–H groups in total. The molecule has 0 aliphatic carbocycles. The first-order chi connectivity index (χ1) is 10.1. The van der Waals surface area contributed by atoms with Gasteiger partial charge in [-0.15, -0.1) is 0 Å². The van der Waals surface area contributed by atoms with Crippen molar-refractivity contribution in [2.24, 2.45) is 0 Å². The fourth-order valence-corrected chi connectivity index (χ4v) is 2.18. The van der Waals surface area contributed by atoms with Crippen LogP contribution < -0.4 is 20.1 Å². The zero-order valence-electron chi connectivity index (χ0n) is 13.0. The van der Waals surface area contributed by atoms with Crippen molar-refractivity contribution in [3.8, 4) is 11.5 Å². The largest absolute Gasteiger partial charge is 0.486 e. The van der Waals surface area contributed by atoms with E-state index in [9.17, 15) is 5.11 Å². The average Bonchev–Trinajstić information content (AvgIpc) is 2.50. The maximum absolute atomic E-state index is 9.91. The highest BCUT2D eigenvalue weighted by Gasteiger charge is 2.26. The Kier molecular flexibility index (Phi) is 5.85. The Morgan fingerprint density at radius 1 is 1.14 bits per heavy atom. The number of para-hydroxylation sites is 2. The van der Waals surface area contributed by atoms with Crippen LogP contribution in [-0.4, -0.2) is 49.1 Å². The Labute approximate surface area is 126 Å². The lowest BCUT2D eigenvalue weighted by atomic mass is 10.1. The van der Waals surface area contributed by atoms with E-state index in [0.717, 1.165) is 11.5 Å². The first-order valence-corrected chi connectivity index (χ1v) is 7.59. The van der Waals surface area contributed by atoms with E-state index in [0.29, 0.717) is 25.7 Å². The molecule has 1 aliphatic rings. The van der Waals surface area contributed by atoms with Crippen LogP contribution in [0.4, 0.5) is 0 Å². The minimum atomic E-state index is -0.411. The molecule has 3 atom stereocenters. The zero-order chi connectivity index (χ0) is 15.2. The summed E-state index contributed by atoms with van der Waals surface area (Å²) in [6.07, 6.45) is -0.461. The van der Waals surface area contributed by atoms with Crippen molar-refractivity contribution in [3.05, 3.63) is 24.3 Å². The molecular weight excluding hydrogens is 268 g/mol. The highest BCUT2D eigenvalue weighted by Crippen LogP contribution is 2.31. The molecule has 2 rings (SSSR count). The fourth-order valence-electron chi connectivity index (χ4n) is 2.18. The molecule has 0 saturated heterocycles. The number of aliphatic hydroxyl groups excluding tert-OH is 1. The zero-order valence-corrected chi connectivity index (χ0v) is 13.0. The van der Waals surface area contributed by atoms with Gasteiger partial charge in [0.1, 0.15) is 12.7 Å². The molecule has 0 bridgehead atoms. The van der Waals surface area contributed by atoms with Crippen LogP contribution in [0, 0.1) is 0 Å². The Morgan fingerprint density at radius 2 is 1.81 bits per heavy atom. The van der Waals surface area contributed by atoms with Crippen LogP contribution in [0.3, 0.4) is 0 Å². The third kappa shape index (κ3) is 4.88. The molecule has 1 aromatic rings. The van der Waals surface area contributed by atoms with Crippen LogP contribution in [0.1, 0.15) is 20.8 Å². The van der Waals surface area contributed by atoms with E-state index in [1.54, 1.807) is 0 Å². The van der Waals surface area contributed by atoms with Gasteiger partial charge in [0.2, 0.25) is 0 Å². The van der Waals surface area contributed by atoms with Gasteiger partial charge in [-0.2, -0.15) is 0 Å². The minimum absolute atomic E-state index is 0.0508. The minimum Gasteiger partial charge on any atom is -0.486 e. The summed E-state index contributed by atoms with van der Waals surface area (Å²) in [5.74, 6) is 1.58. The van der Waals surface area contributed by atoms with Crippen LogP contribution in [0.5, 0.6) is 11.5 Å². The molecule has 0 unspecified atom stereocenters. The molecule has 118 valence electrons. The quantitative estimate of drug-likeness (QED) is 0.704. The molecule has 1 heterocycles. The topological polar surface area (TPSA) is 62.8 Å². The lowest BCUT2D eigenvalue weighted by Gasteiger charge is -2.31. The van der Waals surface area contributed by atoms with Gasteiger partial charge < -0.3 is 25.2 Å². The molecule has 0 saturated carbocycles. The Hall–Kier alpha value is -1.30.